The van der Waals surface area contributed by atoms with Crippen molar-refractivity contribution >= 4 is 15.9 Å². The summed E-state index contributed by atoms with van der Waals surface area (Å²) in [6.45, 7) is 7.48. The molecule has 5 heteroatoms. The number of rotatable bonds is 5. The van der Waals surface area contributed by atoms with Crippen molar-refractivity contribution < 1.29 is 14.6 Å². The summed E-state index contributed by atoms with van der Waals surface area (Å²) >= 11 is 3.38. The average molecular weight is 344 g/mol. The van der Waals surface area contributed by atoms with Crippen LogP contribution in [0.1, 0.15) is 13.8 Å². The molecule has 1 aliphatic rings. The van der Waals surface area contributed by atoms with E-state index in [4.69, 9.17) is 9.47 Å². The van der Waals surface area contributed by atoms with Gasteiger partial charge in [0.1, 0.15) is 18.5 Å². The lowest BCUT2D eigenvalue weighted by Crippen LogP contribution is -2.50. The first-order chi connectivity index (χ1) is 9.44. The molecule has 20 heavy (non-hydrogen) atoms. The van der Waals surface area contributed by atoms with Crippen molar-refractivity contribution in [3.05, 3.63) is 28.7 Å². The second-order valence-corrected chi connectivity index (χ2v) is 6.68. The Balaban J connectivity index is 1.75. The van der Waals surface area contributed by atoms with E-state index in [0.717, 1.165) is 23.3 Å². The van der Waals surface area contributed by atoms with Crippen molar-refractivity contribution in [2.75, 3.05) is 32.8 Å². The molecule has 0 radical (unpaired) electrons. The third-order valence-electron chi connectivity index (χ3n) is 3.23. The fraction of sp³-hybridized carbons (Fsp3) is 0.600. The van der Waals surface area contributed by atoms with Crippen LogP contribution in [0.2, 0.25) is 0 Å². The van der Waals surface area contributed by atoms with Crippen LogP contribution in [0.5, 0.6) is 5.75 Å². The molecular formula is C15H22BrNO3. The highest BCUT2D eigenvalue weighted by Crippen LogP contribution is 2.18. The predicted octanol–water partition coefficient (Wildman–Crippen LogP) is 2.30. The standard InChI is InChI=1S/C15H22BrNO3/c1-15(2)11-17(7-8-20-15)9-13(18)10-19-14-5-3-12(16)4-6-14/h3-6,13,18H,7-11H2,1-2H3. The van der Waals surface area contributed by atoms with Gasteiger partial charge in [-0.25, -0.2) is 0 Å². The number of aliphatic hydroxyl groups excluding tert-OH is 1. The second-order valence-electron chi connectivity index (χ2n) is 5.76. The minimum Gasteiger partial charge on any atom is -0.491 e. The number of aliphatic hydroxyl groups is 1. The molecule has 0 amide bonds. The summed E-state index contributed by atoms with van der Waals surface area (Å²) in [5, 5.41) is 10.1. The quantitative estimate of drug-likeness (QED) is 0.890. The Bertz CT molecular complexity index is 422. The van der Waals surface area contributed by atoms with Gasteiger partial charge in [0.25, 0.3) is 0 Å². The Morgan fingerprint density at radius 2 is 2.10 bits per heavy atom. The summed E-state index contributed by atoms with van der Waals surface area (Å²) < 4.78 is 12.3. The van der Waals surface area contributed by atoms with Crippen LogP contribution in [0, 0.1) is 0 Å². The van der Waals surface area contributed by atoms with E-state index in [9.17, 15) is 5.11 Å². The molecule has 0 aromatic heterocycles. The van der Waals surface area contributed by atoms with Gasteiger partial charge < -0.3 is 14.6 Å². The van der Waals surface area contributed by atoms with Crippen LogP contribution in [-0.2, 0) is 4.74 Å². The Morgan fingerprint density at radius 1 is 1.40 bits per heavy atom. The lowest BCUT2D eigenvalue weighted by atomic mass is 10.1. The van der Waals surface area contributed by atoms with Gasteiger partial charge in [-0.05, 0) is 38.1 Å². The minimum absolute atomic E-state index is 0.134. The smallest absolute Gasteiger partial charge is 0.119 e. The molecule has 2 rings (SSSR count). The van der Waals surface area contributed by atoms with Crippen LogP contribution in [0.25, 0.3) is 0 Å². The monoisotopic (exact) mass is 343 g/mol. The first-order valence-electron chi connectivity index (χ1n) is 6.87. The van der Waals surface area contributed by atoms with Crippen LogP contribution >= 0.6 is 15.9 Å². The van der Waals surface area contributed by atoms with Crippen molar-refractivity contribution in [1.29, 1.82) is 0 Å². The summed E-state index contributed by atoms with van der Waals surface area (Å²) in [5.74, 6) is 0.773. The first-order valence-corrected chi connectivity index (χ1v) is 7.67. The minimum atomic E-state index is -0.493. The molecule has 1 aromatic rings. The van der Waals surface area contributed by atoms with Crippen LogP contribution in [-0.4, -0.2) is 54.6 Å². The van der Waals surface area contributed by atoms with Gasteiger partial charge in [0.15, 0.2) is 0 Å². The molecule has 0 bridgehead atoms. The number of ether oxygens (including phenoxy) is 2. The molecule has 1 heterocycles. The van der Waals surface area contributed by atoms with Crippen LogP contribution in [0.4, 0.5) is 0 Å². The number of hydrogen-bond donors (Lipinski definition) is 1. The van der Waals surface area contributed by atoms with Gasteiger partial charge in [0.2, 0.25) is 0 Å². The number of hydrogen-bond acceptors (Lipinski definition) is 4. The molecule has 1 saturated heterocycles. The van der Waals surface area contributed by atoms with E-state index >= 15 is 0 Å². The number of nitrogens with zero attached hydrogens (tertiary/aromatic N) is 1. The Morgan fingerprint density at radius 3 is 2.75 bits per heavy atom. The molecule has 112 valence electrons. The zero-order valence-corrected chi connectivity index (χ0v) is 13.6. The molecule has 1 aromatic carbocycles. The molecule has 0 aliphatic carbocycles. The number of benzene rings is 1. The number of halogens is 1. The van der Waals surface area contributed by atoms with Gasteiger partial charge in [-0.1, -0.05) is 15.9 Å². The fourth-order valence-corrected chi connectivity index (χ4v) is 2.61. The predicted molar refractivity (Wildman–Crippen MR) is 82.1 cm³/mol. The summed E-state index contributed by atoms with van der Waals surface area (Å²) in [7, 11) is 0. The van der Waals surface area contributed by atoms with Gasteiger partial charge in [0, 0.05) is 24.1 Å². The Labute approximate surface area is 128 Å². The maximum absolute atomic E-state index is 10.1. The molecule has 1 atom stereocenters. The van der Waals surface area contributed by atoms with E-state index in [1.807, 2.05) is 24.3 Å². The normalized spacial score (nSPS) is 20.6. The van der Waals surface area contributed by atoms with Crippen molar-refractivity contribution in [2.24, 2.45) is 0 Å². The van der Waals surface area contributed by atoms with Crippen LogP contribution in [0.3, 0.4) is 0 Å². The van der Waals surface area contributed by atoms with Gasteiger partial charge in [-0.3, -0.25) is 4.90 Å². The summed E-state index contributed by atoms with van der Waals surface area (Å²) in [6, 6.07) is 7.61. The zero-order chi connectivity index (χ0) is 14.6. The molecule has 1 unspecified atom stereocenters. The molecular weight excluding hydrogens is 322 g/mol. The maximum Gasteiger partial charge on any atom is 0.119 e. The molecule has 1 aliphatic heterocycles. The maximum atomic E-state index is 10.1. The fourth-order valence-electron chi connectivity index (χ4n) is 2.34. The van der Waals surface area contributed by atoms with Gasteiger partial charge in [-0.2, -0.15) is 0 Å². The molecule has 4 nitrogen and oxygen atoms in total. The van der Waals surface area contributed by atoms with E-state index in [-0.39, 0.29) is 5.60 Å². The summed E-state index contributed by atoms with van der Waals surface area (Å²) in [4.78, 5) is 2.22. The first kappa shape index (κ1) is 15.8. The van der Waals surface area contributed by atoms with Gasteiger partial charge >= 0.3 is 0 Å². The van der Waals surface area contributed by atoms with E-state index in [1.165, 1.54) is 0 Å². The summed E-state index contributed by atoms with van der Waals surface area (Å²) in [5.41, 5.74) is -0.134. The van der Waals surface area contributed by atoms with Crippen molar-refractivity contribution in [3.8, 4) is 5.75 Å². The molecule has 0 spiro atoms. The third kappa shape index (κ3) is 5.05. The molecule has 1 N–H and O–H groups in total. The average Bonchev–Trinajstić information content (AvgIpc) is 2.37. The summed E-state index contributed by atoms with van der Waals surface area (Å²) in [6.07, 6.45) is -0.493. The largest absolute Gasteiger partial charge is 0.491 e. The van der Waals surface area contributed by atoms with E-state index in [0.29, 0.717) is 19.8 Å². The van der Waals surface area contributed by atoms with Crippen molar-refractivity contribution in [3.63, 3.8) is 0 Å². The second kappa shape index (κ2) is 6.89. The lowest BCUT2D eigenvalue weighted by Gasteiger charge is -2.38. The van der Waals surface area contributed by atoms with Gasteiger partial charge in [-0.15, -0.1) is 0 Å². The van der Waals surface area contributed by atoms with E-state index in [1.54, 1.807) is 0 Å². The highest BCUT2D eigenvalue weighted by atomic mass is 79.9. The molecule has 1 fully saturated rings. The van der Waals surface area contributed by atoms with Crippen LogP contribution in [0.15, 0.2) is 28.7 Å². The highest BCUT2D eigenvalue weighted by Gasteiger charge is 2.28. The van der Waals surface area contributed by atoms with Gasteiger partial charge in [0.05, 0.1) is 12.2 Å². The highest BCUT2D eigenvalue weighted by molar-refractivity contribution is 9.10. The van der Waals surface area contributed by atoms with Crippen molar-refractivity contribution in [2.45, 2.75) is 25.6 Å². The topological polar surface area (TPSA) is 41.9 Å². The SMILES string of the molecule is CC1(C)CN(CC(O)COc2ccc(Br)cc2)CCO1. The van der Waals surface area contributed by atoms with Crippen LogP contribution < -0.4 is 4.74 Å². The third-order valence-corrected chi connectivity index (χ3v) is 3.76. The number of β-amino-alcohol motifs (C(OH)–C–C–N with tert-alkyl or cyclic N) is 1. The van der Waals surface area contributed by atoms with E-state index in [2.05, 4.69) is 34.7 Å². The molecule has 0 saturated carbocycles. The lowest BCUT2D eigenvalue weighted by molar-refractivity contribution is -0.0947. The Kier molecular flexibility index (Phi) is 5.43. The number of morpholine rings is 1. The Hall–Kier alpha value is -0.620. The zero-order valence-electron chi connectivity index (χ0n) is 12.0. The van der Waals surface area contributed by atoms with E-state index < -0.39 is 6.10 Å². The van der Waals surface area contributed by atoms with Crippen molar-refractivity contribution in [1.82, 2.24) is 4.90 Å².